The minimum atomic E-state index is -4.53. The van der Waals surface area contributed by atoms with Crippen LogP contribution in [0.4, 0.5) is 18.9 Å². The number of fused-ring (bicyclic) bond motifs is 1. The zero-order valence-electron chi connectivity index (χ0n) is 20.6. The second kappa shape index (κ2) is 11.4. The van der Waals surface area contributed by atoms with Gasteiger partial charge in [-0.3, -0.25) is 14.5 Å². The molecule has 0 aliphatic carbocycles. The van der Waals surface area contributed by atoms with Crippen molar-refractivity contribution in [3.8, 4) is 11.5 Å². The number of hydrogen-bond acceptors (Lipinski definition) is 6. The molecule has 11 heteroatoms. The Kier molecular flexibility index (Phi) is 7.78. The summed E-state index contributed by atoms with van der Waals surface area (Å²) < 4.78 is 50.5. The highest BCUT2D eigenvalue weighted by molar-refractivity contribution is 8.15. The van der Waals surface area contributed by atoms with Crippen molar-refractivity contribution in [2.75, 3.05) is 13.3 Å². The van der Waals surface area contributed by atoms with E-state index in [-0.39, 0.29) is 42.4 Å². The quantitative estimate of drug-likeness (QED) is 0.407. The first-order chi connectivity index (χ1) is 18.8. The van der Waals surface area contributed by atoms with Crippen LogP contribution in [0, 0.1) is 0 Å². The molecule has 0 radical (unpaired) electrons. The van der Waals surface area contributed by atoms with Crippen molar-refractivity contribution in [1.82, 2.24) is 10.2 Å². The fourth-order valence-electron chi connectivity index (χ4n) is 4.19. The minimum Gasteiger partial charge on any atom is -0.454 e. The van der Waals surface area contributed by atoms with Crippen LogP contribution in [0.5, 0.6) is 11.5 Å². The van der Waals surface area contributed by atoms with E-state index in [2.05, 4.69) is 10.3 Å². The molecule has 5 rings (SSSR count). The van der Waals surface area contributed by atoms with Gasteiger partial charge in [-0.05, 0) is 47.9 Å². The first-order valence-electron chi connectivity index (χ1n) is 12.2. The molecule has 0 spiro atoms. The van der Waals surface area contributed by atoms with Crippen LogP contribution in [0.2, 0.25) is 0 Å². The zero-order valence-corrected chi connectivity index (χ0v) is 21.4. The Hall–Kier alpha value is -3.99. The molecule has 3 aromatic carbocycles. The van der Waals surface area contributed by atoms with Crippen molar-refractivity contribution in [3.05, 3.63) is 89.5 Å². The highest BCUT2D eigenvalue weighted by atomic mass is 32.2. The lowest BCUT2D eigenvalue weighted by Crippen LogP contribution is -2.34. The molecule has 2 aliphatic rings. The van der Waals surface area contributed by atoms with E-state index < -0.39 is 17.0 Å². The number of rotatable bonds is 8. The zero-order chi connectivity index (χ0) is 27.4. The van der Waals surface area contributed by atoms with Gasteiger partial charge in [-0.25, -0.2) is 4.99 Å². The second-order valence-electron chi connectivity index (χ2n) is 8.95. The summed E-state index contributed by atoms with van der Waals surface area (Å²) in [6.07, 6.45) is -3.96. The number of benzene rings is 3. The molecule has 0 bridgehead atoms. The minimum absolute atomic E-state index is 0.0591. The van der Waals surface area contributed by atoms with E-state index in [1.165, 1.54) is 17.0 Å². The van der Waals surface area contributed by atoms with Crippen LogP contribution in [-0.4, -0.2) is 40.5 Å². The van der Waals surface area contributed by atoms with Crippen LogP contribution >= 0.6 is 11.8 Å². The standard InChI is InChI=1S/C28H24F3N3O4S/c29-28(30,31)20-7-4-8-21(14-20)33-27-34(16-19-9-10-22-23(13-19)38-17-37-22)26(36)24(39-27)15-25(35)32-12-11-18-5-2-1-3-6-18/h1-10,13-14,24H,11-12,15-17H2,(H,32,35)/t24-/m0/s1. The monoisotopic (exact) mass is 555 g/mol. The van der Waals surface area contributed by atoms with Crippen LogP contribution in [0.1, 0.15) is 23.1 Å². The predicted molar refractivity (Wildman–Crippen MR) is 141 cm³/mol. The van der Waals surface area contributed by atoms with Crippen molar-refractivity contribution in [1.29, 1.82) is 0 Å². The molecule has 0 saturated carbocycles. The molecular formula is C28H24F3N3O4S. The Bertz CT molecular complexity index is 1400. The number of aliphatic imine (C=N–C) groups is 1. The van der Waals surface area contributed by atoms with Gasteiger partial charge in [0.05, 0.1) is 17.8 Å². The molecule has 1 atom stereocenters. The van der Waals surface area contributed by atoms with Crippen molar-refractivity contribution >= 4 is 34.4 Å². The van der Waals surface area contributed by atoms with E-state index in [9.17, 15) is 22.8 Å². The number of halogens is 3. The first kappa shape index (κ1) is 26.6. The van der Waals surface area contributed by atoms with Gasteiger partial charge in [-0.15, -0.1) is 0 Å². The largest absolute Gasteiger partial charge is 0.454 e. The Morgan fingerprint density at radius 1 is 1.00 bits per heavy atom. The number of carbonyl (C=O) groups excluding carboxylic acids is 2. The average molecular weight is 556 g/mol. The Labute approximate surface area is 227 Å². The molecule has 0 aromatic heterocycles. The lowest BCUT2D eigenvalue weighted by molar-refractivity contribution is -0.137. The van der Waals surface area contributed by atoms with Gasteiger partial charge in [0.25, 0.3) is 0 Å². The smallest absolute Gasteiger partial charge is 0.416 e. The van der Waals surface area contributed by atoms with Gasteiger partial charge in [0.1, 0.15) is 5.25 Å². The number of alkyl halides is 3. The highest BCUT2D eigenvalue weighted by Crippen LogP contribution is 2.37. The number of amides is 2. The molecule has 1 N–H and O–H groups in total. The molecule has 2 heterocycles. The Morgan fingerprint density at radius 3 is 2.59 bits per heavy atom. The van der Waals surface area contributed by atoms with Crippen molar-refractivity contribution in [2.45, 2.75) is 30.8 Å². The highest BCUT2D eigenvalue weighted by Gasteiger charge is 2.39. The summed E-state index contributed by atoms with van der Waals surface area (Å²) in [6.45, 7) is 0.619. The SMILES string of the molecule is O=C(C[C@@H]1SC(=Nc2cccc(C(F)(F)F)c2)N(Cc2ccc3c(c2)OCO3)C1=O)NCCc1ccccc1. The third-order valence-electron chi connectivity index (χ3n) is 6.15. The van der Waals surface area contributed by atoms with E-state index in [4.69, 9.17) is 9.47 Å². The molecule has 202 valence electrons. The molecule has 1 saturated heterocycles. The number of carbonyl (C=O) groups is 2. The number of amidine groups is 1. The van der Waals surface area contributed by atoms with E-state index >= 15 is 0 Å². The fourth-order valence-corrected chi connectivity index (χ4v) is 5.34. The van der Waals surface area contributed by atoms with Crippen LogP contribution in [0.25, 0.3) is 0 Å². The van der Waals surface area contributed by atoms with Crippen molar-refractivity contribution in [3.63, 3.8) is 0 Å². The number of hydrogen-bond donors (Lipinski definition) is 1. The summed E-state index contributed by atoms with van der Waals surface area (Å²) in [5, 5.41) is 2.30. The van der Waals surface area contributed by atoms with Crippen LogP contribution in [-0.2, 0) is 28.7 Å². The number of thioether (sulfide) groups is 1. The molecule has 3 aromatic rings. The maximum atomic E-state index is 13.4. The first-order valence-corrected chi connectivity index (χ1v) is 13.1. The van der Waals surface area contributed by atoms with Gasteiger partial charge in [0, 0.05) is 13.0 Å². The molecule has 1 fully saturated rings. The van der Waals surface area contributed by atoms with Gasteiger partial charge in [-0.2, -0.15) is 13.2 Å². The maximum absolute atomic E-state index is 13.4. The number of ether oxygens (including phenoxy) is 2. The molecule has 2 amide bonds. The van der Waals surface area contributed by atoms with E-state index in [0.717, 1.165) is 35.0 Å². The fraction of sp³-hybridized carbons (Fsp3) is 0.250. The lowest BCUT2D eigenvalue weighted by atomic mass is 10.1. The molecule has 2 aliphatic heterocycles. The summed E-state index contributed by atoms with van der Waals surface area (Å²) in [7, 11) is 0. The van der Waals surface area contributed by atoms with Gasteiger partial charge < -0.3 is 14.8 Å². The van der Waals surface area contributed by atoms with Crippen molar-refractivity contribution in [2.24, 2.45) is 4.99 Å². The topological polar surface area (TPSA) is 80.2 Å². The maximum Gasteiger partial charge on any atom is 0.416 e. The third-order valence-corrected chi connectivity index (χ3v) is 7.32. The van der Waals surface area contributed by atoms with E-state index in [1.54, 1.807) is 18.2 Å². The van der Waals surface area contributed by atoms with Gasteiger partial charge in [-0.1, -0.05) is 54.2 Å². The van der Waals surface area contributed by atoms with Crippen LogP contribution in [0.3, 0.4) is 0 Å². The summed E-state index contributed by atoms with van der Waals surface area (Å²) in [5.74, 6) is 0.489. The second-order valence-corrected chi connectivity index (χ2v) is 10.1. The van der Waals surface area contributed by atoms with Crippen molar-refractivity contribution < 1.29 is 32.2 Å². The normalized spacial score (nSPS) is 17.6. The predicted octanol–water partition coefficient (Wildman–Crippen LogP) is 5.31. The molecule has 7 nitrogen and oxygen atoms in total. The number of nitrogens with zero attached hydrogens (tertiary/aromatic N) is 2. The average Bonchev–Trinajstić information content (AvgIpc) is 3.49. The van der Waals surface area contributed by atoms with Gasteiger partial charge >= 0.3 is 6.18 Å². The third kappa shape index (κ3) is 6.54. The Morgan fingerprint density at radius 2 is 1.79 bits per heavy atom. The summed E-state index contributed by atoms with van der Waals surface area (Å²) in [5.41, 5.74) is 1.02. The lowest BCUT2D eigenvalue weighted by Gasteiger charge is -2.17. The summed E-state index contributed by atoms with van der Waals surface area (Å²) in [6, 6.07) is 19.5. The number of nitrogens with one attached hydrogen (secondary N) is 1. The van der Waals surface area contributed by atoms with Crippen LogP contribution in [0.15, 0.2) is 77.8 Å². The summed E-state index contributed by atoms with van der Waals surface area (Å²) in [4.78, 5) is 31.8. The van der Waals surface area contributed by atoms with Gasteiger partial charge in [0.2, 0.25) is 18.6 Å². The van der Waals surface area contributed by atoms with Gasteiger partial charge in [0.15, 0.2) is 16.7 Å². The summed E-state index contributed by atoms with van der Waals surface area (Å²) >= 11 is 1.07. The van der Waals surface area contributed by atoms with E-state index in [0.29, 0.717) is 24.5 Å². The molecular weight excluding hydrogens is 531 g/mol. The molecule has 39 heavy (non-hydrogen) atoms. The van der Waals surface area contributed by atoms with Crippen LogP contribution < -0.4 is 14.8 Å². The molecule has 0 unspecified atom stereocenters. The van der Waals surface area contributed by atoms with E-state index in [1.807, 2.05) is 30.3 Å². The Balaban J connectivity index is 1.33.